The Bertz CT molecular complexity index is 403. The fourth-order valence-electron chi connectivity index (χ4n) is 3.46. The van der Waals surface area contributed by atoms with Crippen LogP contribution in [0.3, 0.4) is 0 Å². The van der Waals surface area contributed by atoms with E-state index in [0.717, 1.165) is 23.7 Å². The van der Waals surface area contributed by atoms with Gasteiger partial charge in [0.2, 0.25) is 0 Å². The molecule has 120 valence electrons. The molecule has 1 aliphatic rings. The van der Waals surface area contributed by atoms with Gasteiger partial charge in [0.05, 0.1) is 10.4 Å². The average Bonchev–Trinajstić information content (AvgIpc) is 2.91. The quantitative estimate of drug-likeness (QED) is 0.731. The molecular weight excluding hydrogens is 302 g/mol. The first-order valence-electron chi connectivity index (χ1n) is 8.25. The second-order valence-corrected chi connectivity index (χ2v) is 7.87. The highest BCUT2D eigenvalue weighted by molar-refractivity contribution is 7.16. The van der Waals surface area contributed by atoms with E-state index in [2.05, 4.69) is 18.3 Å². The fraction of sp³-hybridized carbons (Fsp3) is 0.765. The van der Waals surface area contributed by atoms with Gasteiger partial charge in [-0.15, -0.1) is 11.3 Å². The van der Waals surface area contributed by atoms with Gasteiger partial charge in [0, 0.05) is 18.0 Å². The van der Waals surface area contributed by atoms with Crippen LogP contribution in [0.4, 0.5) is 0 Å². The van der Waals surface area contributed by atoms with Gasteiger partial charge < -0.3 is 10.1 Å². The van der Waals surface area contributed by atoms with Gasteiger partial charge in [-0.1, -0.05) is 37.8 Å². The molecule has 1 aliphatic carbocycles. The lowest BCUT2D eigenvalue weighted by Crippen LogP contribution is -2.47. The molecule has 2 rings (SSSR count). The van der Waals surface area contributed by atoms with Crippen LogP contribution in [0.5, 0.6) is 0 Å². The number of methoxy groups -OCH3 is 1. The molecule has 1 fully saturated rings. The average molecular weight is 330 g/mol. The first kappa shape index (κ1) is 17.3. The van der Waals surface area contributed by atoms with Crippen molar-refractivity contribution in [3.63, 3.8) is 0 Å². The summed E-state index contributed by atoms with van der Waals surface area (Å²) in [5.41, 5.74) is 0. The molecule has 2 unspecified atom stereocenters. The van der Waals surface area contributed by atoms with E-state index in [1.165, 1.54) is 37.0 Å². The van der Waals surface area contributed by atoms with Crippen molar-refractivity contribution in [1.29, 1.82) is 0 Å². The van der Waals surface area contributed by atoms with E-state index >= 15 is 0 Å². The zero-order valence-corrected chi connectivity index (χ0v) is 14.8. The van der Waals surface area contributed by atoms with Crippen LogP contribution in [-0.2, 0) is 11.2 Å². The summed E-state index contributed by atoms with van der Waals surface area (Å²) in [5.74, 6) is 0.702. The van der Waals surface area contributed by atoms with Gasteiger partial charge in [-0.05, 0) is 50.3 Å². The summed E-state index contributed by atoms with van der Waals surface area (Å²) in [5, 5.41) is 3.71. The zero-order chi connectivity index (χ0) is 15.1. The second-order valence-electron chi connectivity index (χ2n) is 6.07. The summed E-state index contributed by atoms with van der Waals surface area (Å²) in [4.78, 5) is 1.35. The molecule has 1 aromatic rings. The molecule has 2 atom stereocenters. The van der Waals surface area contributed by atoms with Crippen LogP contribution < -0.4 is 5.32 Å². The molecule has 4 heteroatoms. The number of rotatable bonds is 8. The molecule has 0 radical (unpaired) electrons. The van der Waals surface area contributed by atoms with Crippen LogP contribution in [0.15, 0.2) is 12.1 Å². The predicted molar refractivity (Wildman–Crippen MR) is 92.5 cm³/mol. The van der Waals surface area contributed by atoms with E-state index in [4.69, 9.17) is 16.3 Å². The summed E-state index contributed by atoms with van der Waals surface area (Å²) in [6.45, 7) is 3.27. The van der Waals surface area contributed by atoms with Crippen LogP contribution in [0, 0.1) is 5.92 Å². The van der Waals surface area contributed by atoms with Crippen molar-refractivity contribution in [3.8, 4) is 0 Å². The Morgan fingerprint density at radius 2 is 2.10 bits per heavy atom. The maximum absolute atomic E-state index is 6.08. The number of hydrogen-bond donors (Lipinski definition) is 1. The van der Waals surface area contributed by atoms with E-state index in [1.54, 1.807) is 11.3 Å². The Morgan fingerprint density at radius 1 is 1.33 bits per heavy atom. The SMILES string of the molecule is CCCNC(Cc1ccc(Cl)s1)C(OC)C1CCCCC1. The van der Waals surface area contributed by atoms with E-state index in [9.17, 15) is 0 Å². The highest BCUT2D eigenvalue weighted by Crippen LogP contribution is 2.31. The number of thiophene rings is 1. The lowest BCUT2D eigenvalue weighted by atomic mass is 9.81. The predicted octanol–water partition coefficient (Wildman–Crippen LogP) is 4.91. The third-order valence-corrected chi connectivity index (χ3v) is 5.74. The first-order chi connectivity index (χ1) is 10.2. The zero-order valence-electron chi connectivity index (χ0n) is 13.2. The summed E-state index contributed by atoms with van der Waals surface area (Å²) in [6, 6.07) is 4.55. The maximum atomic E-state index is 6.08. The third-order valence-electron chi connectivity index (χ3n) is 4.49. The summed E-state index contributed by atoms with van der Waals surface area (Å²) < 4.78 is 6.82. The molecule has 1 heterocycles. The molecule has 1 saturated carbocycles. The molecule has 21 heavy (non-hydrogen) atoms. The topological polar surface area (TPSA) is 21.3 Å². The molecule has 0 aromatic carbocycles. The van der Waals surface area contributed by atoms with Crippen molar-refractivity contribution in [3.05, 3.63) is 21.3 Å². The molecule has 0 amide bonds. The van der Waals surface area contributed by atoms with Crippen LogP contribution in [0.2, 0.25) is 4.34 Å². The molecule has 0 aliphatic heterocycles. The fourth-order valence-corrected chi connectivity index (χ4v) is 4.61. The minimum atomic E-state index is 0.317. The summed E-state index contributed by atoms with van der Waals surface area (Å²) in [6.07, 6.45) is 9.22. The third kappa shape index (κ3) is 5.24. The summed E-state index contributed by atoms with van der Waals surface area (Å²) in [7, 11) is 1.88. The lowest BCUT2D eigenvalue weighted by Gasteiger charge is -2.35. The van der Waals surface area contributed by atoms with Gasteiger partial charge in [-0.3, -0.25) is 0 Å². The number of hydrogen-bond acceptors (Lipinski definition) is 3. The molecule has 0 saturated heterocycles. The monoisotopic (exact) mass is 329 g/mol. The van der Waals surface area contributed by atoms with Crippen molar-refractivity contribution < 1.29 is 4.74 Å². The Morgan fingerprint density at radius 3 is 2.67 bits per heavy atom. The van der Waals surface area contributed by atoms with Crippen molar-refractivity contribution in [2.45, 2.75) is 64.0 Å². The maximum Gasteiger partial charge on any atom is 0.0931 e. The van der Waals surface area contributed by atoms with E-state index in [-0.39, 0.29) is 0 Å². The highest BCUT2D eigenvalue weighted by Gasteiger charge is 2.30. The second kappa shape index (κ2) is 9.14. The van der Waals surface area contributed by atoms with Gasteiger partial charge in [0.1, 0.15) is 0 Å². The number of halogens is 1. The van der Waals surface area contributed by atoms with Crippen LogP contribution >= 0.6 is 22.9 Å². The Hall–Kier alpha value is -0.0900. The lowest BCUT2D eigenvalue weighted by molar-refractivity contribution is 0.00852. The largest absolute Gasteiger partial charge is 0.380 e. The van der Waals surface area contributed by atoms with E-state index < -0.39 is 0 Å². The number of nitrogens with one attached hydrogen (secondary N) is 1. The van der Waals surface area contributed by atoms with Crippen molar-refractivity contribution in [2.75, 3.05) is 13.7 Å². The van der Waals surface area contributed by atoms with Crippen molar-refractivity contribution >= 4 is 22.9 Å². The molecule has 1 N–H and O–H groups in total. The highest BCUT2D eigenvalue weighted by atomic mass is 35.5. The van der Waals surface area contributed by atoms with Crippen LogP contribution in [0.1, 0.15) is 50.3 Å². The van der Waals surface area contributed by atoms with Gasteiger partial charge in [0.25, 0.3) is 0 Å². The van der Waals surface area contributed by atoms with Crippen LogP contribution in [-0.4, -0.2) is 25.8 Å². The van der Waals surface area contributed by atoms with Crippen molar-refractivity contribution in [1.82, 2.24) is 5.32 Å². The van der Waals surface area contributed by atoms with Crippen LogP contribution in [0.25, 0.3) is 0 Å². The first-order valence-corrected chi connectivity index (χ1v) is 9.44. The standard InChI is InChI=1S/C17H28ClNOS/c1-3-11-19-15(12-14-9-10-16(18)21-14)17(20-2)13-7-5-4-6-8-13/h9-10,13,15,17,19H,3-8,11-12H2,1-2H3. The molecule has 0 spiro atoms. The van der Waals surface area contributed by atoms with Gasteiger partial charge in [-0.2, -0.15) is 0 Å². The van der Waals surface area contributed by atoms with Crippen molar-refractivity contribution in [2.24, 2.45) is 5.92 Å². The van der Waals surface area contributed by atoms with Gasteiger partial charge in [0.15, 0.2) is 0 Å². The Balaban J connectivity index is 2.04. The molecule has 1 aromatic heterocycles. The minimum absolute atomic E-state index is 0.317. The summed E-state index contributed by atoms with van der Waals surface area (Å²) >= 11 is 7.77. The van der Waals surface area contributed by atoms with E-state index in [0.29, 0.717) is 18.1 Å². The minimum Gasteiger partial charge on any atom is -0.380 e. The number of ether oxygens (including phenoxy) is 1. The molecule has 0 bridgehead atoms. The Labute approximate surface area is 138 Å². The van der Waals surface area contributed by atoms with Gasteiger partial charge in [-0.25, -0.2) is 0 Å². The smallest absolute Gasteiger partial charge is 0.0931 e. The normalized spacial score (nSPS) is 19.6. The Kier molecular flexibility index (Phi) is 7.51. The van der Waals surface area contributed by atoms with Gasteiger partial charge >= 0.3 is 0 Å². The van der Waals surface area contributed by atoms with E-state index in [1.807, 2.05) is 13.2 Å². The molecular formula is C17H28ClNOS. The molecule has 2 nitrogen and oxygen atoms in total.